The molecule has 0 spiro atoms. The molecule has 3 aromatic rings. The number of amides is 2. The molecule has 2 N–H and O–H groups in total. The van der Waals surface area contributed by atoms with Crippen LogP contribution >= 0.6 is 0 Å². The molecule has 1 aliphatic heterocycles. The van der Waals surface area contributed by atoms with E-state index in [9.17, 15) is 9.59 Å². The minimum atomic E-state index is -0.264. The molecule has 3 aromatic carbocycles. The van der Waals surface area contributed by atoms with E-state index in [4.69, 9.17) is 10.5 Å². The third-order valence-electron chi connectivity index (χ3n) is 6.48. The number of rotatable bonds is 8. The second kappa shape index (κ2) is 11.7. The lowest BCUT2D eigenvalue weighted by Gasteiger charge is -2.24. The van der Waals surface area contributed by atoms with Gasteiger partial charge in [0.2, 0.25) is 5.91 Å². The van der Waals surface area contributed by atoms with Gasteiger partial charge in [0.05, 0.1) is 0 Å². The van der Waals surface area contributed by atoms with Crippen molar-refractivity contribution < 1.29 is 14.3 Å². The fourth-order valence-corrected chi connectivity index (χ4v) is 4.15. The molecule has 0 aliphatic carbocycles. The van der Waals surface area contributed by atoms with Crippen molar-refractivity contribution in [1.82, 2.24) is 4.90 Å². The Balaban J connectivity index is 1.48. The van der Waals surface area contributed by atoms with E-state index in [0.29, 0.717) is 31.1 Å². The van der Waals surface area contributed by atoms with Gasteiger partial charge in [0.25, 0.3) is 5.91 Å². The van der Waals surface area contributed by atoms with Crippen LogP contribution in [-0.4, -0.2) is 42.4 Å². The molecule has 36 heavy (non-hydrogen) atoms. The van der Waals surface area contributed by atoms with Gasteiger partial charge >= 0.3 is 0 Å². The van der Waals surface area contributed by atoms with Crippen LogP contribution in [0.5, 0.6) is 5.75 Å². The van der Waals surface area contributed by atoms with Gasteiger partial charge in [0, 0.05) is 30.9 Å². The first-order valence-corrected chi connectivity index (χ1v) is 12.3. The Morgan fingerprint density at radius 1 is 1.03 bits per heavy atom. The maximum absolute atomic E-state index is 13.2. The summed E-state index contributed by atoms with van der Waals surface area (Å²) in [5, 5.41) is 0. The Morgan fingerprint density at radius 2 is 1.78 bits per heavy atom. The molecule has 1 fully saturated rings. The molecular formula is C30H33N3O3. The number of aryl methyl sites for hydroxylation is 2. The number of hydrogen-bond donors (Lipinski definition) is 1. The Morgan fingerprint density at radius 3 is 2.44 bits per heavy atom. The molecule has 1 saturated heterocycles. The zero-order valence-corrected chi connectivity index (χ0v) is 20.9. The standard InChI is InChI=1S/C30H33N3O3/c1-22-8-9-25(18-23(22)2)21-36-28-13-11-27(12-14-28)33(20-30(35)32-17-16-26(31)19-32)29(34)15-10-24-6-4-3-5-7-24/h3-15,18,26H,16-17,19-21,31H2,1-2H3/b15-10+. The normalized spacial score (nSPS) is 15.3. The first-order chi connectivity index (χ1) is 17.4. The molecule has 1 heterocycles. The molecule has 0 bridgehead atoms. The molecule has 6 nitrogen and oxygen atoms in total. The van der Waals surface area contributed by atoms with Crippen molar-refractivity contribution in [3.05, 3.63) is 101 Å². The zero-order chi connectivity index (χ0) is 25.5. The highest BCUT2D eigenvalue weighted by atomic mass is 16.5. The van der Waals surface area contributed by atoms with Gasteiger partial charge in [0.1, 0.15) is 18.9 Å². The minimum Gasteiger partial charge on any atom is -0.489 e. The fraction of sp³-hybridized carbons (Fsp3) is 0.267. The van der Waals surface area contributed by atoms with E-state index in [2.05, 4.69) is 32.0 Å². The summed E-state index contributed by atoms with van der Waals surface area (Å²) in [5.74, 6) is 0.319. The van der Waals surface area contributed by atoms with E-state index in [1.807, 2.05) is 54.6 Å². The number of likely N-dealkylation sites (tertiary alicyclic amines) is 1. The van der Waals surface area contributed by atoms with E-state index in [1.165, 1.54) is 22.1 Å². The lowest BCUT2D eigenvalue weighted by atomic mass is 10.1. The molecule has 1 atom stereocenters. The first kappa shape index (κ1) is 25.2. The largest absolute Gasteiger partial charge is 0.489 e. The summed E-state index contributed by atoms with van der Waals surface area (Å²) in [6.07, 6.45) is 4.04. The van der Waals surface area contributed by atoms with Gasteiger partial charge in [-0.1, -0.05) is 48.5 Å². The quantitative estimate of drug-likeness (QED) is 0.479. The first-order valence-electron chi connectivity index (χ1n) is 12.3. The summed E-state index contributed by atoms with van der Waals surface area (Å²) in [7, 11) is 0. The second-order valence-electron chi connectivity index (χ2n) is 9.26. The Kier molecular flexibility index (Phi) is 8.18. The van der Waals surface area contributed by atoms with Crippen molar-refractivity contribution in [1.29, 1.82) is 0 Å². The van der Waals surface area contributed by atoms with Crippen LogP contribution < -0.4 is 15.4 Å². The zero-order valence-electron chi connectivity index (χ0n) is 20.9. The van der Waals surface area contributed by atoms with Crippen LogP contribution in [0.15, 0.2) is 78.9 Å². The smallest absolute Gasteiger partial charge is 0.251 e. The Labute approximate surface area is 213 Å². The molecule has 0 aromatic heterocycles. The fourth-order valence-electron chi connectivity index (χ4n) is 4.15. The highest BCUT2D eigenvalue weighted by Gasteiger charge is 2.26. The predicted octanol–water partition coefficient (Wildman–Crippen LogP) is 4.49. The molecule has 1 unspecified atom stereocenters. The van der Waals surface area contributed by atoms with Crippen LogP contribution in [0.25, 0.3) is 6.08 Å². The molecule has 4 rings (SSSR count). The van der Waals surface area contributed by atoms with Crippen LogP contribution in [0.1, 0.15) is 28.7 Å². The van der Waals surface area contributed by atoms with Crippen molar-refractivity contribution in [3.8, 4) is 5.75 Å². The molecule has 1 aliphatic rings. The maximum atomic E-state index is 13.2. The highest BCUT2D eigenvalue weighted by molar-refractivity contribution is 6.06. The van der Waals surface area contributed by atoms with Crippen molar-refractivity contribution in [2.24, 2.45) is 5.73 Å². The van der Waals surface area contributed by atoms with Crippen LogP contribution in [0.3, 0.4) is 0 Å². The van der Waals surface area contributed by atoms with Gasteiger partial charge in [-0.2, -0.15) is 0 Å². The average molecular weight is 484 g/mol. The molecule has 6 heteroatoms. The van der Waals surface area contributed by atoms with E-state index >= 15 is 0 Å². The van der Waals surface area contributed by atoms with Gasteiger partial charge in [-0.3, -0.25) is 14.5 Å². The lowest BCUT2D eigenvalue weighted by Crippen LogP contribution is -2.42. The van der Waals surface area contributed by atoms with Gasteiger partial charge in [-0.15, -0.1) is 0 Å². The number of carbonyl (C=O) groups is 2. The average Bonchev–Trinajstić information content (AvgIpc) is 3.34. The Bertz CT molecular complexity index is 1220. The third kappa shape index (κ3) is 6.61. The van der Waals surface area contributed by atoms with Crippen molar-refractivity contribution in [2.75, 3.05) is 24.5 Å². The highest BCUT2D eigenvalue weighted by Crippen LogP contribution is 2.22. The Hall–Kier alpha value is -3.90. The van der Waals surface area contributed by atoms with E-state index in [0.717, 1.165) is 17.5 Å². The van der Waals surface area contributed by atoms with Crippen molar-refractivity contribution in [3.63, 3.8) is 0 Å². The number of carbonyl (C=O) groups excluding carboxylic acids is 2. The maximum Gasteiger partial charge on any atom is 0.251 e. The lowest BCUT2D eigenvalue weighted by molar-refractivity contribution is -0.130. The van der Waals surface area contributed by atoms with Crippen molar-refractivity contribution >= 4 is 23.6 Å². The summed E-state index contributed by atoms with van der Waals surface area (Å²) >= 11 is 0. The monoisotopic (exact) mass is 483 g/mol. The summed E-state index contributed by atoms with van der Waals surface area (Å²) < 4.78 is 5.96. The van der Waals surface area contributed by atoms with E-state index in [-0.39, 0.29) is 24.4 Å². The topological polar surface area (TPSA) is 75.9 Å². The molecule has 0 saturated carbocycles. The van der Waals surface area contributed by atoms with Crippen LogP contribution in [-0.2, 0) is 16.2 Å². The van der Waals surface area contributed by atoms with Gasteiger partial charge in [0.15, 0.2) is 0 Å². The van der Waals surface area contributed by atoms with E-state index < -0.39 is 0 Å². The molecular weight excluding hydrogens is 450 g/mol. The number of ether oxygens (including phenoxy) is 1. The van der Waals surface area contributed by atoms with Gasteiger partial charge in [-0.05, 0) is 72.9 Å². The number of anilines is 1. The summed E-state index contributed by atoms with van der Waals surface area (Å²) in [6.45, 7) is 5.72. The summed E-state index contributed by atoms with van der Waals surface area (Å²) in [5.41, 5.74) is 11.1. The minimum absolute atomic E-state index is 0.00942. The second-order valence-corrected chi connectivity index (χ2v) is 9.26. The summed E-state index contributed by atoms with van der Waals surface area (Å²) in [4.78, 5) is 29.4. The van der Waals surface area contributed by atoms with Gasteiger partial charge < -0.3 is 15.4 Å². The van der Waals surface area contributed by atoms with Crippen LogP contribution in [0.2, 0.25) is 0 Å². The molecule has 186 valence electrons. The van der Waals surface area contributed by atoms with Crippen LogP contribution in [0, 0.1) is 13.8 Å². The number of nitrogens with zero attached hydrogens (tertiary/aromatic N) is 2. The number of nitrogens with two attached hydrogens (primary N) is 1. The predicted molar refractivity (Wildman–Crippen MR) is 144 cm³/mol. The van der Waals surface area contributed by atoms with E-state index in [1.54, 1.807) is 11.0 Å². The summed E-state index contributed by atoms with van der Waals surface area (Å²) in [6, 6.07) is 23.1. The SMILES string of the molecule is Cc1ccc(COc2ccc(N(CC(=O)N3CCC(N)C3)C(=O)/C=C/c3ccccc3)cc2)cc1C. The van der Waals surface area contributed by atoms with Gasteiger partial charge in [-0.25, -0.2) is 0 Å². The molecule has 2 amide bonds. The third-order valence-corrected chi connectivity index (χ3v) is 6.48. The van der Waals surface area contributed by atoms with Crippen LogP contribution in [0.4, 0.5) is 5.69 Å². The van der Waals surface area contributed by atoms with Crippen molar-refractivity contribution in [2.45, 2.75) is 32.9 Å². The number of hydrogen-bond acceptors (Lipinski definition) is 4. The molecule has 0 radical (unpaired) electrons. The number of benzene rings is 3.